The molecule has 0 spiro atoms. The van der Waals surface area contributed by atoms with E-state index in [0.717, 1.165) is 5.56 Å². The Morgan fingerprint density at radius 2 is 1.96 bits per heavy atom. The molecule has 7 nitrogen and oxygen atoms in total. The van der Waals surface area contributed by atoms with Crippen LogP contribution in [0.1, 0.15) is 36.7 Å². The molecule has 0 saturated heterocycles. The summed E-state index contributed by atoms with van der Waals surface area (Å²) in [5, 5.41) is 4.02. The maximum Gasteiger partial charge on any atom is 0.271 e. The molecule has 1 aliphatic rings. The third-order valence-electron chi connectivity index (χ3n) is 3.85. The van der Waals surface area contributed by atoms with Gasteiger partial charge in [0.2, 0.25) is 6.79 Å². The van der Waals surface area contributed by atoms with Crippen LogP contribution in [0.2, 0.25) is 0 Å². The minimum atomic E-state index is -0.337. The van der Waals surface area contributed by atoms with E-state index in [-0.39, 0.29) is 12.7 Å². The lowest BCUT2D eigenvalue weighted by atomic mass is 10.2. The van der Waals surface area contributed by atoms with Gasteiger partial charge in [0.25, 0.3) is 5.91 Å². The van der Waals surface area contributed by atoms with Gasteiger partial charge in [-0.3, -0.25) is 4.79 Å². The van der Waals surface area contributed by atoms with Crippen molar-refractivity contribution in [2.75, 3.05) is 20.0 Å². The zero-order chi connectivity index (χ0) is 19.9. The quantitative estimate of drug-likeness (QED) is 0.556. The van der Waals surface area contributed by atoms with E-state index >= 15 is 0 Å². The van der Waals surface area contributed by atoms with Gasteiger partial charge in [-0.05, 0) is 54.8 Å². The fourth-order valence-electron chi connectivity index (χ4n) is 2.52. The van der Waals surface area contributed by atoms with E-state index < -0.39 is 0 Å². The highest BCUT2D eigenvalue weighted by molar-refractivity contribution is 5.95. The fourth-order valence-corrected chi connectivity index (χ4v) is 2.52. The Bertz CT molecular complexity index is 864. The number of carbonyl (C=O) groups is 1. The van der Waals surface area contributed by atoms with Crippen molar-refractivity contribution in [3.8, 4) is 23.0 Å². The Balaban J connectivity index is 1.64. The summed E-state index contributed by atoms with van der Waals surface area (Å²) in [4.78, 5) is 12.2. The van der Waals surface area contributed by atoms with E-state index in [2.05, 4.69) is 24.4 Å². The SMILES string of the molecule is CCOc1cc(/C=N\NC(=O)c2ccc3c(c2)OCO3)ccc1OCC(C)C. The first-order valence-corrected chi connectivity index (χ1v) is 9.19. The van der Waals surface area contributed by atoms with Crippen LogP contribution in [0.25, 0.3) is 0 Å². The standard InChI is InChI=1S/C21H24N2O5/c1-4-25-19-9-15(5-7-17(19)26-12-14(2)3)11-22-23-21(24)16-6-8-18-20(10-16)28-13-27-18/h5-11,14H,4,12-13H2,1-3H3,(H,23,24)/b22-11-. The molecule has 1 heterocycles. The Morgan fingerprint density at radius 1 is 1.14 bits per heavy atom. The van der Waals surface area contributed by atoms with Gasteiger partial charge < -0.3 is 18.9 Å². The number of hydrogen-bond donors (Lipinski definition) is 1. The first-order valence-electron chi connectivity index (χ1n) is 9.19. The summed E-state index contributed by atoms with van der Waals surface area (Å²) in [5.74, 6) is 2.60. The van der Waals surface area contributed by atoms with Crippen LogP contribution in [-0.4, -0.2) is 32.1 Å². The third kappa shape index (κ3) is 4.94. The molecule has 2 aromatic carbocycles. The molecule has 0 unspecified atom stereocenters. The fraction of sp³-hybridized carbons (Fsp3) is 0.333. The monoisotopic (exact) mass is 384 g/mol. The lowest BCUT2D eigenvalue weighted by Gasteiger charge is -2.13. The molecule has 3 rings (SSSR count). The highest BCUT2D eigenvalue weighted by atomic mass is 16.7. The molecular weight excluding hydrogens is 360 g/mol. The number of benzene rings is 2. The minimum Gasteiger partial charge on any atom is -0.490 e. The van der Waals surface area contributed by atoms with Crippen LogP contribution in [-0.2, 0) is 0 Å². The molecule has 0 fully saturated rings. The molecule has 0 atom stereocenters. The van der Waals surface area contributed by atoms with Crippen molar-refractivity contribution >= 4 is 12.1 Å². The number of amides is 1. The van der Waals surface area contributed by atoms with Crippen LogP contribution < -0.4 is 24.4 Å². The van der Waals surface area contributed by atoms with Crippen LogP contribution in [0.3, 0.4) is 0 Å². The number of hydrogen-bond acceptors (Lipinski definition) is 6. The number of fused-ring (bicyclic) bond motifs is 1. The molecule has 2 aromatic rings. The smallest absolute Gasteiger partial charge is 0.271 e. The summed E-state index contributed by atoms with van der Waals surface area (Å²) in [5.41, 5.74) is 3.73. The third-order valence-corrected chi connectivity index (χ3v) is 3.85. The molecule has 0 saturated carbocycles. The number of ether oxygens (including phenoxy) is 4. The molecule has 0 aromatic heterocycles. The van der Waals surface area contributed by atoms with Crippen LogP contribution in [0, 0.1) is 5.92 Å². The second kappa shape index (κ2) is 9.12. The van der Waals surface area contributed by atoms with E-state index in [9.17, 15) is 4.79 Å². The molecule has 0 bridgehead atoms. The molecule has 1 amide bonds. The number of carbonyl (C=O) groups excluding carboxylic acids is 1. The molecule has 148 valence electrons. The van der Waals surface area contributed by atoms with Crippen molar-refractivity contribution in [1.82, 2.24) is 5.43 Å². The highest BCUT2D eigenvalue weighted by Gasteiger charge is 2.16. The molecule has 0 radical (unpaired) electrons. The van der Waals surface area contributed by atoms with Crippen LogP contribution in [0.15, 0.2) is 41.5 Å². The zero-order valence-electron chi connectivity index (χ0n) is 16.2. The minimum absolute atomic E-state index is 0.164. The Morgan fingerprint density at radius 3 is 2.75 bits per heavy atom. The predicted molar refractivity (Wildman–Crippen MR) is 106 cm³/mol. The average molecular weight is 384 g/mol. The van der Waals surface area contributed by atoms with Crippen molar-refractivity contribution in [3.05, 3.63) is 47.5 Å². The summed E-state index contributed by atoms with van der Waals surface area (Å²) in [6.07, 6.45) is 1.56. The lowest BCUT2D eigenvalue weighted by Crippen LogP contribution is -2.17. The van der Waals surface area contributed by atoms with E-state index in [1.165, 1.54) is 0 Å². The number of nitrogens with one attached hydrogen (secondary N) is 1. The zero-order valence-corrected chi connectivity index (χ0v) is 16.2. The van der Waals surface area contributed by atoms with Crippen LogP contribution in [0.5, 0.6) is 23.0 Å². The molecule has 28 heavy (non-hydrogen) atoms. The normalized spacial score (nSPS) is 12.4. The summed E-state index contributed by atoms with van der Waals surface area (Å²) in [6, 6.07) is 10.5. The maximum atomic E-state index is 12.2. The van der Waals surface area contributed by atoms with Crippen molar-refractivity contribution in [3.63, 3.8) is 0 Å². The first kappa shape index (κ1) is 19.5. The lowest BCUT2D eigenvalue weighted by molar-refractivity contribution is 0.0954. The first-order chi connectivity index (χ1) is 13.6. The van der Waals surface area contributed by atoms with Gasteiger partial charge in [0.1, 0.15) is 0 Å². The summed E-state index contributed by atoms with van der Waals surface area (Å²) < 4.78 is 21.9. The maximum absolute atomic E-state index is 12.2. The molecular formula is C21H24N2O5. The van der Waals surface area contributed by atoms with Gasteiger partial charge in [0, 0.05) is 5.56 Å². The second-order valence-corrected chi connectivity index (χ2v) is 6.61. The second-order valence-electron chi connectivity index (χ2n) is 6.61. The Kier molecular flexibility index (Phi) is 6.37. The van der Waals surface area contributed by atoms with E-state index in [1.54, 1.807) is 24.4 Å². The number of nitrogens with zero attached hydrogens (tertiary/aromatic N) is 1. The Hall–Kier alpha value is -3.22. The van der Waals surface area contributed by atoms with Crippen LogP contribution >= 0.6 is 0 Å². The molecule has 7 heteroatoms. The number of rotatable bonds is 8. The molecule has 1 N–H and O–H groups in total. The van der Waals surface area contributed by atoms with Crippen molar-refractivity contribution in [2.24, 2.45) is 11.0 Å². The van der Waals surface area contributed by atoms with Crippen molar-refractivity contribution < 1.29 is 23.7 Å². The van der Waals surface area contributed by atoms with E-state index in [4.69, 9.17) is 18.9 Å². The highest BCUT2D eigenvalue weighted by Crippen LogP contribution is 2.32. The van der Waals surface area contributed by atoms with E-state index in [0.29, 0.717) is 47.7 Å². The van der Waals surface area contributed by atoms with Gasteiger partial charge in [-0.25, -0.2) is 5.43 Å². The van der Waals surface area contributed by atoms with Gasteiger partial charge >= 0.3 is 0 Å². The average Bonchev–Trinajstić information content (AvgIpc) is 3.15. The van der Waals surface area contributed by atoms with Crippen molar-refractivity contribution in [1.29, 1.82) is 0 Å². The summed E-state index contributed by atoms with van der Waals surface area (Å²) in [6.45, 7) is 7.39. The molecule has 0 aliphatic carbocycles. The van der Waals surface area contributed by atoms with Crippen LogP contribution in [0.4, 0.5) is 0 Å². The topological polar surface area (TPSA) is 78.4 Å². The van der Waals surface area contributed by atoms with Gasteiger partial charge in [-0.2, -0.15) is 5.10 Å². The summed E-state index contributed by atoms with van der Waals surface area (Å²) in [7, 11) is 0. The largest absolute Gasteiger partial charge is 0.490 e. The predicted octanol–water partition coefficient (Wildman–Crippen LogP) is 3.61. The van der Waals surface area contributed by atoms with E-state index in [1.807, 2.05) is 25.1 Å². The van der Waals surface area contributed by atoms with Gasteiger partial charge in [-0.1, -0.05) is 13.8 Å². The summed E-state index contributed by atoms with van der Waals surface area (Å²) >= 11 is 0. The van der Waals surface area contributed by atoms with Gasteiger partial charge in [0.05, 0.1) is 19.4 Å². The van der Waals surface area contributed by atoms with Crippen molar-refractivity contribution in [2.45, 2.75) is 20.8 Å². The van der Waals surface area contributed by atoms with Gasteiger partial charge in [0.15, 0.2) is 23.0 Å². The molecule has 1 aliphatic heterocycles. The Labute approximate surface area is 164 Å². The number of hydrazone groups is 1. The van der Waals surface area contributed by atoms with Gasteiger partial charge in [-0.15, -0.1) is 0 Å².